The second-order valence-electron chi connectivity index (χ2n) is 4.50. The molecule has 0 fully saturated rings. The Morgan fingerprint density at radius 3 is 2.54 bits per heavy atom. The standard InChI is InChI=1S/C15H12BrCl2N3O3/c16-9-2-1-3-11(6-9)24-8-14(22)20-21-15(23)19-10-4-5-12(17)13(18)7-10/h1-7H,8H2,(H,20,22)(H2,19,21,23). The number of nitrogens with one attached hydrogen (secondary N) is 3. The normalized spacial score (nSPS) is 9.96. The highest BCUT2D eigenvalue weighted by molar-refractivity contribution is 9.10. The molecule has 2 aromatic rings. The Bertz CT molecular complexity index is 758. The Morgan fingerprint density at radius 1 is 1.04 bits per heavy atom. The lowest BCUT2D eigenvalue weighted by atomic mass is 10.3. The van der Waals surface area contributed by atoms with Crippen LogP contribution in [0, 0.1) is 0 Å². The molecule has 0 aliphatic rings. The van der Waals surface area contributed by atoms with Crippen LogP contribution in [0.4, 0.5) is 10.5 Å². The first-order valence-corrected chi connectivity index (χ1v) is 8.18. The van der Waals surface area contributed by atoms with Crippen molar-refractivity contribution < 1.29 is 14.3 Å². The van der Waals surface area contributed by atoms with Crippen molar-refractivity contribution in [1.82, 2.24) is 10.9 Å². The van der Waals surface area contributed by atoms with E-state index in [0.29, 0.717) is 21.5 Å². The molecule has 0 aliphatic heterocycles. The quantitative estimate of drug-likeness (QED) is 0.639. The molecule has 0 heterocycles. The van der Waals surface area contributed by atoms with Crippen LogP contribution < -0.4 is 20.9 Å². The summed E-state index contributed by atoms with van der Waals surface area (Å²) in [7, 11) is 0. The van der Waals surface area contributed by atoms with Crippen molar-refractivity contribution in [3.05, 3.63) is 57.0 Å². The van der Waals surface area contributed by atoms with Gasteiger partial charge in [0.1, 0.15) is 5.75 Å². The molecule has 126 valence electrons. The van der Waals surface area contributed by atoms with Gasteiger partial charge in [-0.3, -0.25) is 10.2 Å². The summed E-state index contributed by atoms with van der Waals surface area (Å²) in [6.45, 7) is -0.247. The third-order valence-corrected chi connectivity index (χ3v) is 3.89. The molecule has 0 spiro atoms. The van der Waals surface area contributed by atoms with E-state index in [1.807, 2.05) is 6.07 Å². The first-order valence-electron chi connectivity index (χ1n) is 6.63. The lowest BCUT2D eigenvalue weighted by Gasteiger charge is -2.10. The van der Waals surface area contributed by atoms with Crippen LogP contribution in [-0.2, 0) is 4.79 Å². The van der Waals surface area contributed by atoms with Crippen molar-refractivity contribution in [1.29, 1.82) is 0 Å². The Morgan fingerprint density at radius 2 is 1.83 bits per heavy atom. The lowest BCUT2D eigenvalue weighted by molar-refractivity contribution is -0.123. The summed E-state index contributed by atoms with van der Waals surface area (Å²) in [4.78, 5) is 23.3. The predicted octanol–water partition coefficient (Wildman–Crippen LogP) is 3.99. The fraction of sp³-hybridized carbons (Fsp3) is 0.0667. The molecular weight excluding hydrogens is 421 g/mol. The van der Waals surface area contributed by atoms with Crippen LogP contribution in [0.5, 0.6) is 5.75 Å². The number of amides is 3. The van der Waals surface area contributed by atoms with Gasteiger partial charge in [-0.15, -0.1) is 0 Å². The van der Waals surface area contributed by atoms with Crippen molar-refractivity contribution in [2.24, 2.45) is 0 Å². The number of hydrazine groups is 1. The average molecular weight is 433 g/mol. The zero-order valence-corrected chi connectivity index (χ0v) is 15.2. The smallest absolute Gasteiger partial charge is 0.337 e. The Kier molecular flexibility index (Phi) is 6.72. The number of urea groups is 1. The maximum Gasteiger partial charge on any atom is 0.337 e. The second kappa shape index (κ2) is 8.77. The van der Waals surface area contributed by atoms with Crippen molar-refractivity contribution in [2.75, 3.05) is 11.9 Å². The first kappa shape index (κ1) is 18.4. The Balaban J connectivity index is 1.74. The maximum absolute atomic E-state index is 11.7. The molecule has 0 radical (unpaired) electrons. The van der Waals surface area contributed by atoms with Gasteiger partial charge in [-0.1, -0.05) is 45.2 Å². The van der Waals surface area contributed by atoms with Gasteiger partial charge >= 0.3 is 6.03 Å². The van der Waals surface area contributed by atoms with E-state index in [9.17, 15) is 9.59 Å². The zero-order valence-electron chi connectivity index (χ0n) is 12.1. The van der Waals surface area contributed by atoms with E-state index in [1.165, 1.54) is 6.07 Å². The van der Waals surface area contributed by atoms with E-state index in [0.717, 1.165) is 4.47 Å². The fourth-order valence-corrected chi connectivity index (χ4v) is 2.28. The summed E-state index contributed by atoms with van der Waals surface area (Å²) in [5, 5.41) is 3.17. The van der Waals surface area contributed by atoms with Crippen molar-refractivity contribution in [3.8, 4) is 5.75 Å². The van der Waals surface area contributed by atoms with Gasteiger partial charge < -0.3 is 10.1 Å². The first-order chi connectivity index (χ1) is 11.4. The fourth-order valence-electron chi connectivity index (χ4n) is 1.60. The van der Waals surface area contributed by atoms with Gasteiger partial charge in [0.15, 0.2) is 6.61 Å². The highest BCUT2D eigenvalue weighted by Crippen LogP contribution is 2.24. The number of rotatable bonds is 4. The van der Waals surface area contributed by atoms with E-state index in [1.54, 1.807) is 30.3 Å². The third-order valence-electron chi connectivity index (χ3n) is 2.66. The summed E-state index contributed by atoms with van der Waals surface area (Å²) in [5.74, 6) is 0.0130. The molecule has 0 aliphatic carbocycles. The molecular formula is C15H12BrCl2N3O3. The van der Waals surface area contributed by atoms with E-state index < -0.39 is 11.9 Å². The highest BCUT2D eigenvalue weighted by Gasteiger charge is 2.07. The number of carbonyl (C=O) groups excluding carboxylic acids is 2. The van der Waals surface area contributed by atoms with Crippen molar-refractivity contribution in [2.45, 2.75) is 0 Å². The second-order valence-corrected chi connectivity index (χ2v) is 6.23. The number of hydrogen-bond donors (Lipinski definition) is 3. The number of anilines is 1. The maximum atomic E-state index is 11.7. The van der Waals surface area contributed by atoms with E-state index in [-0.39, 0.29) is 6.61 Å². The van der Waals surface area contributed by atoms with E-state index in [2.05, 4.69) is 32.1 Å². The van der Waals surface area contributed by atoms with Gasteiger partial charge in [-0.05, 0) is 36.4 Å². The molecule has 3 N–H and O–H groups in total. The zero-order chi connectivity index (χ0) is 17.5. The summed E-state index contributed by atoms with van der Waals surface area (Å²) < 4.78 is 6.12. The summed E-state index contributed by atoms with van der Waals surface area (Å²) in [6.07, 6.45) is 0. The largest absolute Gasteiger partial charge is 0.484 e. The van der Waals surface area contributed by atoms with Crippen LogP contribution in [0.25, 0.3) is 0 Å². The summed E-state index contributed by atoms with van der Waals surface area (Å²) >= 11 is 14.9. The van der Waals surface area contributed by atoms with Crippen molar-refractivity contribution in [3.63, 3.8) is 0 Å². The lowest BCUT2D eigenvalue weighted by Crippen LogP contribution is -2.45. The highest BCUT2D eigenvalue weighted by atomic mass is 79.9. The van der Waals surface area contributed by atoms with Crippen LogP contribution >= 0.6 is 39.1 Å². The van der Waals surface area contributed by atoms with Crippen LogP contribution in [-0.4, -0.2) is 18.5 Å². The van der Waals surface area contributed by atoms with Crippen LogP contribution in [0.15, 0.2) is 46.9 Å². The SMILES string of the molecule is O=C(COc1cccc(Br)c1)NNC(=O)Nc1ccc(Cl)c(Cl)c1. The number of hydrogen-bond acceptors (Lipinski definition) is 3. The minimum absolute atomic E-state index is 0.247. The van der Waals surface area contributed by atoms with Crippen LogP contribution in [0.1, 0.15) is 0 Å². The molecule has 0 atom stereocenters. The van der Waals surface area contributed by atoms with Gasteiger partial charge in [0.25, 0.3) is 5.91 Å². The van der Waals surface area contributed by atoms with Gasteiger partial charge in [-0.25, -0.2) is 10.2 Å². The number of carbonyl (C=O) groups is 2. The monoisotopic (exact) mass is 431 g/mol. The molecule has 0 saturated heterocycles. The summed E-state index contributed by atoms with van der Waals surface area (Å²) in [5.41, 5.74) is 4.85. The molecule has 0 unspecified atom stereocenters. The Hall–Kier alpha value is -1.96. The molecule has 2 aromatic carbocycles. The number of ether oxygens (including phenoxy) is 1. The van der Waals surface area contributed by atoms with E-state index in [4.69, 9.17) is 27.9 Å². The number of benzene rings is 2. The third kappa shape index (κ3) is 5.92. The van der Waals surface area contributed by atoms with E-state index >= 15 is 0 Å². The minimum atomic E-state index is -0.635. The molecule has 3 amide bonds. The minimum Gasteiger partial charge on any atom is -0.484 e. The number of halogens is 3. The van der Waals surface area contributed by atoms with Gasteiger partial charge in [0, 0.05) is 10.2 Å². The van der Waals surface area contributed by atoms with Crippen molar-refractivity contribution >= 4 is 56.8 Å². The molecule has 0 bridgehead atoms. The Labute approximate surface area is 156 Å². The summed E-state index contributed by atoms with van der Waals surface area (Å²) in [6, 6.07) is 11.0. The molecule has 24 heavy (non-hydrogen) atoms. The predicted molar refractivity (Wildman–Crippen MR) is 96.4 cm³/mol. The molecule has 2 rings (SSSR count). The van der Waals surface area contributed by atoms with Gasteiger partial charge in [0.05, 0.1) is 10.0 Å². The van der Waals surface area contributed by atoms with Gasteiger partial charge in [-0.2, -0.15) is 0 Å². The van der Waals surface area contributed by atoms with Crippen LogP contribution in [0.2, 0.25) is 10.0 Å². The average Bonchev–Trinajstić information content (AvgIpc) is 2.54. The van der Waals surface area contributed by atoms with Gasteiger partial charge in [0.2, 0.25) is 0 Å². The molecule has 6 nitrogen and oxygen atoms in total. The molecule has 0 aromatic heterocycles. The molecule has 9 heteroatoms. The topological polar surface area (TPSA) is 79.5 Å². The van der Waals surface area contributed by atoms with Crippen LogP contribution in [0.3, 0.4) is 0 Å². The molecule has 0 saturated carbocycles.